The number of likely N-dealkylation sites (N-methyl/N-ethyl adjacent to an activating group) is 1. The summed E-state index contributed by atoms with van der Waals surface area (Å²) in [7, 11) is 5.61. The lowest BCUT2D eigenvalue weighted by atomic mass is 10.1. The molecule has 1 rings (SSSR count). The molecule has 6 nitrogen and oxygen atoms in total. The molecule has 0 saturated heterocycles. The maximum absolute atomic E-state index is 11.9. The number of rotatable bonds is 7. The normalized spacial score (nSPS) is 14.3. The van der Waals surface area contributed by atoms with Crippen molar-refractivity contribution in [3.63, 3.8) is 0 Å². The van der Waals surface area contributed by atoms with Gasteiger partial charge in [-0.3, -0.25) is 4.79 Å². The molecule has 2 N–H and O–H groups in total. The van der Waals surface area contributed by atoms with Crippen molar-refractivity contribution < 1.29 is 29.0 Å². The van der Waals surface area contributed by atoms with Gasteiger partial charge in [0.25, 0.3) is 0 Å². The number of carboxylic acid groups (broad SMARTS) is 1. The first-order valence-corrected chi connectivity index (χ1v) is 6.65. The summed E-state index contributed by atoms with van der Waals surface area (Å²) in [5, 5.41) is 18.8. The maximum atomic E-state index is 11.9. The lowest BCUT2D eigenvalue weighted by molar-refractivity contribution is -0.873. The molecule has 0 bridgehead atoms. The summed E-state index contributed by atoms with van der Waals surface area (Å²) in [5.74, 6) is -1.88. The van der Waals surface area contributed by atoms with Crippen molar-refractivity contribution in [1.82, 2.24) is 0 Å². The Hall–Kier alpha value is -1.92. The molecule has 0 spiro atoms. The molecule has 0 saturated carbocycles. The monoisotopic (exact) mass is 296 g/mol. The Kier molecular flexibility index (Phi) is 5.87. The Labute approximate surface area is 124 Å². The zero-order valence-corrected chi connectivity index (χ0v) is 12.5. The van der Waals surface area contributed by atoms with E-state index < -0.39 is 24.1 Å². The fourth-order valence-corrected chi connectivity index (χ4v) is 1.95. The van der Waals surface area contributed by atoms with Crippen LogP contribution >= 0.6 is 0 Å². The van der Waals surface area contributed by atoms with Crippen molar-refractivity contribution in [3.05, 3.63) is 35.9 Å². The lowest BCUT2D eigenvalue weighted by Crippen LogP contribution is -2.44. The second-order valence-electron chi connectivity index (χ2n) is 5.94. The van der Waals surface area contributed by atoms with Crippen molar-refractivity contribution >= 4 is 11.9 Å². The Morgan fingerprint density at radius 2 is 1.76 bits per heavy atom. The van der Waals surface area contributed by atoms with Crippen LogP contribution in [0, 0.1) is 0 Å². The van der Waals surface area contributed by atoms with Gasteiger partial charge in [-0.2, -0.15) is 0 Å². The average molecular weight is 296 g/mol. The van der Waals surface area contributed by atoms with Crippen LogP contribution in [-0.4, -0.2) is 60.4 Å². The van der Waals surface area contributed by atoms with Gasteiger partial charge < -0.3 is 19.4 Å². The number of quaternary nitrogens is 1. The predicted octanol–water partition coefficient (Wildman–Crippen LogP) is 0.813. The van der Waals surface area contributed by atoms with Gasteiger partial charge in [0.15, 0.2) is 12.2 Å². The minimum Gasteiger partial charge on any atom is -0.481 e. The topological polar surface area (TPSA) is 83.8 Å². The molecule has 0 aliphatic carbocycles. The Morgan fingerprint density at radius 3 is 2.24 bits per heavy atom. The van der Waals surface area contributed by atoms with E-state index in [1.54, 1.807) is 30.3 Å². The predicted molar refractivity (Wildman–Crippen MR) is 76.4 cm³/mol. The molecule has 21 heavy (non-hydrogen) atoms. The number of hydrogen-bond donors (Lipinski definition) is 2. The third kappa shape index (κ3) is 6.37. The first-order chi connectivity index (χ1) is 9.69. The molecule has 0 heterocycles. The van der Waals surface area contributed by atoms with Crippen molar-refractivity contribution in [3.8, 4) is 0 Å². The second-order valence-corrected chi connectivity index (χ2v) is 5.94. The molecule has 0 radical (unpaired) electrons. The number of carbonyl (C=O) groups excluding carboxylic acids is 1. The van der Waals surface area contributed by atoms with E-state index in [-0.39, 0.29) is 6.42 Å². The SMILES string of the molecule is C[N+](C)(C)CC(CC(=O)O)OC(=O)C(O)c1ccccc1. The molecule has 0 fully saturated rings. The van der Waals surface area contributed by atoms with Crippen LogP contribution in [0.3, 0.4) is 0 Å². The van der Waals surface area contributed by atoms with E-state index in [1.165, 1.54) is 0 Å². The molecule has 6 heteroatoms. The minimum atomic E-state index is -1.41. The molecule has 2 unspecified atom stereocenters. The Bertz CT molecular complexity index is 481. The van der Waals surface area contributed by atoms with Gasteiger partial charge in [0.2, 0.25) is 0 Å². The summed E-state index contributed by atoms with van der Waals surface area (Å²) in [6.07, 6.45) is -2.48. The van der Waals surface area contributed by atoms with Gasteiger partial charge in [-0.25, -0.2) is 4.79 Å². The molecule has 0 aromatic heterocycles. The minimum absolute atomic E-state index is 0.289. The number of hydrogen-bond acceptors (Lipinski definition) is 4. The van der Waals surface area contributed by atoms with Gasteiger partial charge in [-0.15, -0.1) is 0 Å². The second kappa shape index (κ2) is 7.19. The first kappa shape index (κ1) is 17.1. The number of carboxylic acids is 1. The third-order valence-electron chi connectivity index (χ3n) is 2.78. The summed E-state index contributed by atoms with van der Waals surface area (Å²) in [5.41, 5.74) is 0.418. The number of aliphatic hydroxyl groups is 1. The lowest BCUT2D eigenvalue weighted by Gasteiger charge is -2.28. The van der Waals surface area contributed by atoms with Crippen molar-refractivity contribution in [1.29, 1.82) is 0 Å². The van der Waals surface area contributed by atoms with Gasteiger partial charge in [0.05, 0.1) is 27.6 Å². The van der Waals surface area contributed by atoms with E-state index in [2.05, 4.69) is 0 Å². The molecule has 0 amide bonds. The number of aliphatic hydroxyl groups excluding tert-OH is 1. The largest absolute Gasteiger partial charge is 0.481 e. The molecule has 0 aliphatic rings. The fraction of sp³-hybridized carbons (Fsp3) is 0.467. The molecule has 1 aromatic carbocycles. The van der Waals surface area contributed by atoms with Crippen LogP contribution in [0.1, 0.15) is 18.1 Å². The highest BCUT2D eigenvalue weighted by molar-refractivity contribution is 5.77. The van der Waals surface area contributed by atoms with E-state index in [4.69, 9.17) is 9.84 Å². The third-order valence-corrected chi connectivity index (χ3v) is 2.78. The number of ether oxygens (including phenoxy) is 1. The van der Waals surface area contributed by atoms with Crippen LogP contribution < -0.4 is 0 Å². The van der Waals surface area contributed by atoms with Crippen molar-refractivity contribution in [2.75, 3.05) is 27.7 Å². The first-order valence-electron chi connectivity index (χ1n) is 6.65. The van der Waals surface area contributed by atoms with E-state index >= 15 is 0 Å². The van der Waals surface area contributed by atoms with Crippen LogP contribution in [0.15, 0.2) is 30.3 Å². The van der Waals surface area contributed by atoms with E-state index in [0.29, 0.717) is 16.6 Å². The quantitative estimate of drug-likeness (QED) is 0.575. The van der Waals surface area contributed by atoms with Crippen LogP contribution in [-0.2, 0) is 14.3 Å². The van der Waals surface area contributed by atoms with Gasteiger partial charge in [-0.05, 0) is 5.56 Å². The highest BCUT2D eigenvalue weighted by Crippen LogP contribution is 2.16. The van der Waals surface area contributed by atoms with Crippen molar-refractivity contribution in [2.24, 2.45) is 0 Å². The van der Waals surface area contributed by atoms with Crippen LogP contribution in [0.4, 0.5) is 0 Å². The zero-order valence-electron chi connectivity index (χ0n) is 12.5. The number of benzene rings is 1. The molecule has 2 atom stereocenters. The summed E-state index contributed by atoms with van der Waals surface area (Å²) in [4.78, 5) is 22.8. The average Bonchev–Trinajstić information content (AvgIpc) is 2.36. The molecule has 1 aromatic rings. The fourth-order valence-electron chi connectivity index (χ4n) is 1.95. The number of nitrogens with zero attached hydrogens (tertiary/aromatic N) is 1. The maximum Gasteiger partial charge on any atom is 0.340 e. The van der Waals surface area contributed by atoms with Crippen LogP contribution in [0.5, 0.6) is 0 Å². The highest BCUT2D eigenvalue weighted by Gasteiger charge is 2.28. The number of aliphatic carboxylic acids is 1. The van der Waals surface area contributed by atoms with Crippen LogP contribution in [0.2, 0.25) is 0 Å². The number of carbonyl (C=O) groups is 2. The smallest absolute Gasteiger partial charge is 0.340 e. The molecule has 0 aliphatic heterocycles. The summed E-state index contributed by atoms with van der Waals surface area (Å²) in [6, 6.07) is 8.39. The number of esters is 1. The van der Waals surface area contributed by atoms with E-state index in [1.807, 2.05) is 21.1 Å². The van der Waals surface area contributed by atoms with E-state index in [9.17, 15) is 14.7 Å². The molecular weight excluding hydrogens is 274 g/mol. The Morgan fingerprint density at radius 1 is 1.19 bits per heavy atom. The van der Waals surface area contributed by atoms with Gasteiger partial charge >= 0.3 is 11.9 Å². The van der Waals surface area contributed by atoms with Crippen molar-refractivity contribution in [2.45, 2.75) is 18.6 Å². The van der Waals surface area contributed by atoms with Gasteiger partial charge in [-0.1, -0.05) is 30.3 Å². The molecule has 116 valence electrons. The van der Waals surface area contributed by atoms with E-state index in [0.717, 1.165) is 0 Å². The standard InChI is InChI=1S/C15H21NO5/c1-16(2,3)10-12(9-13(17)18)21-15(20)14(19)11-7-5-4-6-8-11/h4-8,12,14,19H,9-10H2,1-3H3/p+1. The van der Waals surface area contributed by atoms with Crippen LogP contribution in [0.25, 0.3) is 0 Å². The van der Waals surface area contributed by atoms with Gasteiger partial charge in [0, 0.05) is 0 Å². The molecular formula is C15H22NO5+. The summed E-state index contributed by atoms with van der Waals surface area (Å²) in [6.45, 7) is 0.347. The summed E-state index contributed by atoms with van der Waals surface area (Å²) < 4.78 is 5.62. The zero-order chi connectivity index (χ0) is 16.0. The van der Waals surface area contributed by atoms with Gasteiger partial charge in [0.1, 0.15) is 6.54 Å². The highest BCUT2D eigenvalue weighted by atomic mass is 16.6. The summed E-state index contributed by atoms with van der Waals surface area (Å²) >= 11 is 0. The Balaban J connectivity index is 2.73.